The minimum Gasteiger partial charge on any atom is -0.478 e. The summed E-state index contributed by atoms with van der Waals surface area (Å²) >= 11 is 0. The predicted octanol–water partition coefficient (Wildman–Crippen LogP) is 1.57. The molecule has 0 aliphatic heterocycles. The van der Waals surface area contributed by atoms with E-state index >= 15 is 0 Å². The molecule has 1 heterocycles. The largest absolute Gasteiger partial charge is 0.478 e. The molecule has 0 radical (unpaired) electrons. The number of ether oxygens (including phenoxy) is 1. The molecular weight excluding hydrogens is 236 g/mol. The Hall–Kier alpha value is -2.63. The second-order valence-electron chi connectivity index (χ2n) is 3.61. The SMILES string of the molecule is Cc1[nH]c(=O)ncc1Oc1ccc(C(=O)O)cc1. The maximum absolute atomic E-state index is 10.9. The summed E-state index contributed by atoms with van der Waals surface area (Å²) in [5.41, 5.74) is 0.289. The summed E-state index contributed by atoms with van der Waals surface area (Å²) in [5.74, 6) is -0.113. The molecule has 0 aliphatic rings. The molecule has 2 aromatic rings. The van der Waals surface area contributed by atoms with Crippen LogP contribution in [0.25, 0.3) is 0 Å². The van der Waals surface area contributed by atoms with Gasteiger partial charge in [-0.25, -0.2) is 9.59 Å². The first-order valence-corrected chi connectivity index (χ1v) is 5.13. The van der Waals surface area contributed by atoms with E-state index in [0.717, 1.165) is 0 Å². The Morgan fingerprint density at radius 2 is 2.00 bits per heavy atom. The van der Waals surface area contributed by atoms with Crippen LogP contribution >= 0.6 is 0 Å². The van der Waals surface area contributed by atoms with Crippen LogP contribution in [0.5, 0.6) is 11.5 Å². The fourth-order valence-corrected chi connectivity index (χ4v) is 1.36. The van der Waals surface area contributed by atoms with E-state index in [-0.39, 0.29) is 5.56 Å². The Balaban J connectivity index is 2.23. The maximum Gasteiger partial charge on any atom is 0.345 e. The number of nitrogens with one attached hydrogen (secondary N) is 1. The molecule has 1 aromatic carbocycles. The van der Waals surface area contributed by atoms with E-state index in [0.29, 0.717) is 17.2 Å². The summed E-state index contributed by atoms with van der Waals surface area (Å²) in [5, 5.41) is 8.75. The highest BCUT2D eigenvalue weighted by Gasteiger charge is 2.05. The van der Waals surface area contributed by atoms with Crippen LogP contribution in [0.4, 0.5) is 0 Å². The third kappa shape index (κ3) is 2.54. The molecular formula is C12H10N2O4. The molecule has 6 nitrogen and oxygen atoms in total. The van der Waals surface area contributed by atoms with Crippen LogP contribution in [-0.2, 0) is 0 Å². The van der Waals surface area contributed by atoms with Gasteiger partial charge in [-0.2, -0.15) is 4.98 Å². The first-order valence-electron chi connectivity index (χ1n) is 5.13. The van der Waals surface area contributed by atoms with Crippen LogP contribution in [0.3, 0.4) is 0 Å². The van der Waals surface area contributed by atoms with Gasteiger partial charge in [0.15, 0.2) is 5.75 Å². The molecule has 0 aliphatic carbocycles. The van der Waals surface area contributed by atoms with Crippen LogP contribution in [0, 0.1) is 6.92 Å². The zero-order chi connectivity index (χ0) is 13.1. The maximum atomic E-state index is 10.9. The third-order valence-corrected chi connectivity index (χ3v) is 2.29. The monoisotopic (exact) mass is 246 g/mol. The average Bonchev–Trinajstić information content (AvgIpc) is 2.33. The molecule has 18 heavy (non-hydrogen) atoms. The zero-order valence-corrected chi connectivity index (χ0v) is 9.51. The van der Waals surface area contributed by atoms with Crippen molar-refractivity contribution < 1.29 is 14.6 Å². The molecule has 0 fully saturated rings. The number of aromatic carboxylic acids is 1. The van der Waals surface area contributed by atoms with Crippen LogP contribution in [0.1, 0.15) is 16.1 Å². The van der Waals surface area contributed by atoms with E-state index in [4.69, 9.17) is 9.84 Å². The topological polar surface area (TPSA) is 92.3 Å². The number of aromatic amines is 1. The van der Waals surface area contributed by atoms with Gasteiger partial charge in [0.05, 0.1) is 17.5 Å². The van der Waals surface area contributed by atoms with Gasteiger partial charge in [0.1, 0.15) is 5.75 Å². The van der Waals surface area contributed by atoms with Gasteiger partial charge < -0.3 is 14.8 Å². The van der Waals surface area contributed by atoms with Crippen molar-refractivity contribution in [3.63, 3.8) is 0 Å². The Bertz CT molecular complexity index is 631. The van der Waals surface area contributed by atoms with Gasteiger partial charge >= 0.3 is 11.7 Å². The fourth-order valence-electron chi connectivity index (χ4n) is 1.36. The molecule has 2 N–H and O–H groups in total. The van der Waals surface area contributed by atoms with E-state index in [2.05, 4.69) is 9.97 Å². The summed E-state index contributed by atoms with van der Waals surface area (Å²) < 4.78 is 5.47. The number of hydrogen-bond acceptors (Lipinski definition) is 4. The predicted molar refractivity (Wildman–Crippen MR) is 63.1 cm³/mol. The molecule has 0 saturated heterocycles. The van der Waals surface area contributed by atoms with E-state index < -0.39 is 11.7 Å². The second kappa shape index (κ2) is 4.70. The van der Waals surface area contributed by atoms with E-state index in [9.17, 15) is 9.59 Å². The minimum atomic E-state index is -0.997. The standard InChI is InChI=1S/C12H10N2O4/c1-7-10(6-13-12(17)14-7)18-9-4-2-8(3-5-9)11(15)16/h2-6H,1H3,(H,15,16)(H,13,14,17). The van der Waals surface area contributed by atoms with Gasteiger partial charge in [-0.05, 0) is 31.2 Å². The number of nitrogens with zero attached hydrogens (tertiary/aromatic N) is 1. The fraction of sp³-hybridized carbons (Fsp3) is 0.0833. The van der Waals surface area contributed by atoms with Crippen LogP contribution < -0.4 is 10.4 Å². The summed E-state index contributed by atoms with van der Waals surface area (Å²) in [6, 6.07) is 5.94. The van der Waals surface area contributed by atoms with Crippen LogP contribution in [-0.4, -0.2) is 21.0 Å². The lowest BCUT2D eigenvalue weighted by atomic mass is 10.2. The molecule has 92 valence electrons. The van der Waals surface area contributed by atoms with Crippen molar-refractivity contribution in [1.82, 2.24) is 9.97 Å². The lowest BCUT2D eigenvalue weighted by Gasteiger charge is -2.07. The van der Waals surface area contributed by atoms with Crippen molar-refractivity contribution in [3.05, 3.63) is 52.2 Å². The van der Waals surface area contributed by atoms with Gasteiger partial charge in [-0.15, -0.1) is 0 Å². The summed E-state index contributed by atoms with van der Waals surface area (Å²) in [6.07, 6.45) is 1.32. The zero-order valence-electron chi connectivity index (χ0n) is 9.51. The smallest absolute Gasteiger partial charge is 0.345 e. The van der Waals surface area contributed by atoms with Gasteiger partial charge in [-0.1, -0.05) is 0 Å². The summed E-state index contributed by atoms with van der Waals surface area (Å²) in [4.78, 5) is 27.7. The molecule has 0 atom stereocenters. The van der Waals surface area contributed by atoms with Crippen molar-refractivity contribution in [2.45, 2.75) is 6.92 Å². The van der Waals surface area contributed by atoms with Crippen molar-refractivity contribution in [2.75, 3.05) is 0 Å². The number of carbonyl (C=O) groups is 1. The lowest BCUT2D eigenvalue weighted by molar-refractivity contribution is 0.0697. The lowest BCUT2D eigenvalue weighted by Crippen LogP contribution is -2.11. The normalized spacial score (nSPS) is 10.1. The van der Waals surface area contributed by atoms with E-state index in [1.54, 1.807) is 6.92 Å². The van der Waals surface area contributed by atoms with Gasteiger partial charge in [0.2, 0.25) is 0 Å². The highest BCUT2D eigenvalue weighted by molar-refractivity contribution is 5.87. The van der Waals surface area contributed by atoms with Crippen LogP contribution in [0.15, 0.2) is 35.3 Å². The van der Waals surface area contributed by atoms with Crippen molar-refractivity contribution in [2.24, 2.45) is 0 Å². The highest BCUT2D eigenvalue weighted by Crippen LogP contribution is 2.22. The van der Waals surface area contributed by atoms with Gasteiger partial charge in [0, 0.05) is 0 Å². The number of aryl methyl sites for hydroxylation is 1. The molecule has 1 aromatic heterocycles. The second-order valence-corrected chi connectivity index (χ2v) is 3.61. The molecule has 2 rings (SSSR count). The Morgan fingerprint density at radius 3 is 2.56 bits per heavy atom. The number of aromatic nitrogens is 2. The molecule has 0 unspecified atom stereocenters. The van der Waals surface area contributed by atoms with Crippen molar-refractivity contribution in [1.29, 1.82) is 0 Å². The molecule has 0 bridgehead atoms. The molecule has 0 spiro atoms. The number of carboxylic acids is 1. The van der Waals surface area contributed by atoms with E-state index in [1.807, 2.05) is 0 Å². The minimum absolute atomic E-state index is 0.179. The summed E-state index contributed by atoms with van der Waals surface area (Å²) in [7, 11) is 0. The highest BCUT2D eigenvalue weighted by atomic mass is 16.5. The third-order valence-electron chi connectivity index (χ3n) is 2.29. The van der Waals surface area contributed by atoms with Gasteiger partial charge in [0.25, 0.3) is 0 Å². The molecule has 0 amide bonds. The number of carboxylic acid groups (broad SMARTS) is 1. The van der Waals surface area contributed by atoms with Gasteiger partial charge in [-0.3, -0.25) is 0 Å². The first kappa shape index (κ1) is 11.8. The van der Waals surface area contributed by atoms with Crippen molar-refractivity contribution >= 4 is 5.97 Å². The summed E-state index contributed by atoms with van der Waals surface area (Å²) in [6.45, 7) is 1.68. The average molecular weight is 246 g/mol. The quantitative estimate of drug-likeness (QED) is 0.857. The number of rotatable bonds is 3. The van der Waals surface area contributed by atoms with Crippen molar-refractivity contribution in [3.8, 4) is 11.5 Å². The number of H-pyrrole nitrogens is 1. The van der Waals surface area contributed by atoms with Crippen LogP contribution in [0.2, 0.25) is 0 Å². The Labute approximate surface area is 102 Å². The molecule has 6 heteroatoms. The number of hydrogen-bond donors (Lipinski definition) is 2. The Kier molecular flexibility index (Phi) is 3.09. The molecule has 0 saturated carbocycles. The Morgan fingerprint density at radius 1 is 1.33 bits per heavy atom. The van der Waals surface area contributed by atoms with E-state index in [1.165, 1.54) is 30.5 Å². The first-order chi connectivity index (χ1) is 8.56. The number of benzene rings is 1.